The van der Waals surface area contributed by atoms with Crippen molar-refractivity contribution in [3.8, 4) is 0 Å². The minimum Gasteiger partial charge on any atom is -0.357 e. The van der Waals surface area contributed by atoms with E-state index in [-0.39, 0.29) is 24.0 Å². The van der Waals surface area contributed by atoms with E-state index in [1.807, 2.05) is 30.3 Å². The van der Waals surface area contributed by atoms with Crippen LogP contribution in [0.1, 0.15) is 26.2 Å². The van der Waals surface area contributed by atoms with E-state index in [0.717, 1.165) is 30.5 Å². The number of benzene rings is 1. The number of hydrogen-bond donors (Lipinski definition) is 1. The molecule has 1 N–H and O–H groups in total. The second-order valence-electron chi connectivity index (χ2n) is 6.73. The Morgan fingerprint density at radius 1 is 1.23 bits per heavy atom. The fourth-order valence-electron chi connectivity index (χ4n) is 3.69. The predicted molar refractivity (Wildman–Crippen MR) is 120 cm³/mol. The summed E-state index contributed by atoms with van der Waals surface area (Å²) >= 11 is 0. The zero-order valence-corrected chi connectivity index (χ0v) is 18.7. The maximum atomic E-state index is 12.3. The summed E-state index contributed by atoms with van der Waals surface area (Å²) in [6.07, 6.45) is 3.91. The van der Waals surface area contributed by atoms with E-state index in [9.17, 15) is 4.21 Å². The van der Waals surface area contributed by atoms with Crippen molar-refractivity contribution < 1.29 is 4.21 Å². The van der Waals surface area contributed by atoms with Crippen molar-refractivity contribution in [2.24, 2.45) is 4.99 Å². The summed E-state index contributed by atoms with van der Waals surface area (Å²) in [7, 11) is -0.976. The molecule has 5 nitrogen and oxygen atoms in total. The average molecular weight is 490 g/mol. The normalized spacial score (nSPS) is 22.3. The third-order valence-electron chi connectivity index (χ3n) is 5.00. The number of rotatable bonds is 6. The highest BCUT2D eigenvalue weighted by Gasteiger charge is 2.30. The van der Waals surface area contributed by atoms with Gasteiger partial charge in [-0.1, -0.05) is 18.2 Å². The summed E-state index contributed by atoms with van der Waals surface area (Å²) < 4.78 is 12.3. The summed E-state index contributed by atoms with van der Waals surface area (Å²) in [6.45, 7) is 8.19. The Balaban J connectivity index is 0.00000243. The monoisotopic (exact) mass is 490 g/mol. The van der Waals surface area contributed by atoms with Crippen molar-refractivity contribution in [1.29, 1.82) is 0 Å². The van der Waals surface area contributed by atoms with Gasteiger partial charge >= 0.3 is 0 Å². The van der Waals surface area contributed by atoms with Gasteiger partial charge in [0.2, 0.25) is 0 Å². The summed E-state index contributed by atoms with van der Waals surface area (Å²) in [5.41, 5.74) is 0. The van der Waals surface area contributed by atoms with Gasteiger partial charge in [-0.2, -0.15) is 0 Å². The maximum absolute atomic E-state index is 12.3. The molecule has 0 spiro atoms. The largest absolute Gasteiger partial charge is 0.357 e. The first-order valence-electron chi connectivity index (χ1n) is 9.48. The van der Waals surface area contributed by atoms with Gasteiger partial charge in [-0.05, 0) is 51.4 Å². The minimum absolute atomic E-state index is 0. The Morgan fingerprint density at radius 2 is 1.96 bits per heavy atom. The molecule has 0 aromatic heterocycles. The van der Waals surface area contributed by atoms with Gasteiger partial charge in [0.25, 0.3) is 0 Å². The average Bonchev–Trinajstić information content (AvgIpc) is 3.33. The molecule has 1 aromatic rings. The first-order valence-corrected chi connectivity index (χ1v) is 10.8. The smallest absolute Gasteiger partial charge is 0.193 e. The topological polar surface area (TPSA) is 47.9 Å². The quantitative estimate of drug-likeness (QED) is 0.379. The van der Waals surface area contributed by atoms with Gasteiger partial charge in [-0.3, -0.25) is 14.1 Å². The first-order chi connectivity index (χ1) is 12.3. The number of hydrogen-bond acceptors (Lipinski definition) is 3. The molecule has 1 aromatic carbocycles. The second-order valence-corrected chi connectivity index (χ2v) is 8.30. The van der Waals surface area contributed by atoms with E-state index in [4.69, 9.17) is 4.99 Å². The van der Waals surface area contributed by atoms with Crippen LogP contribution in [0, 0.1) is 0 Å². The van der Waals surface area contributed by atoms with Gasteiger partial charge in [0, 0.05) is 36.3 Å². The molecule has 0 radical (unpaired) electrons. The molecule has 0 bridgehead atoms. The lowest BCUT2D eigenvalue weighted by Crippen LogP contribution is -2.42. The lowest BCUT2D eigenvalue weighted by atomic mass is 10.2. The lowest BCUT2D eigenvalue weighted by Gasteiger charge is -2.25. The van der Waals surface area contributed by atoms with Gasteiger partial charge < -0.3 is 10.2 Å². The summed E-state index contributed by atoms with van der Waals surface area (Å²) in [4.78, 5) is 10.6. The van der Waals surface area contributed by atoms with Gasteiger partial charge in [0.05, 0.1) is 17.3 Å². The van der Waals surface area contributed by atoms with Crippen molar-refractivity contribution >= 4 is 40.7 Å². The molecular formula is C19H31IN4OS. The maximum Gasteiger partial charge on any atom is 0.193 e. The molecule has 2 saturated heterocycles. The van der Waals surface area contributed by atoms with Crippen molar-refractivity contribution in [3.05, 3.63) is 30.3 Å². The van der Waals surface area contributed by atoms with E-state index in [1.54, 1.807) is 0 Å². The van der Waals surface area contributed by atoms with Crippen molar-refractivity contribution in [2.75, 3.05) is 45.0 Å². The SMILES string of the molecule is CCNC(=NCCS(=O)c1ccccc1)N1CCC(N2CCCC2)C1.I. The van der Waals surface area contributed by atoms with Crippen molar-refractivity contribution in [2.45, 2.75) is 37.1 Å². The number of likely N-dealkylation sites (tertiary alicyclic amines) is 2. The third-order valence-corrected chi connectivity index (χ3v) is 6.35. The van der Waals surface area contributed by atoms with Crippen LogP contribution >= 0.6 is 24.0 Å². The number of halogens is 1. The Bertz CT molecular complexity index is 592. The van der Waals surface area contributed by atoms with Crippen LogP contribution in [0.5, 0.6) is 0 Å². The number of nitrogens with zero attached hydrogens (tertiary/aromatic N) is 3. The molecule has 146 valence electrons. The number of guanidine groups is 1. The lowest BCUT2D eigenvalue weighted by molar-refractivity contribution is 0.249. The third kappa shape index (κ3) is 5.92. The second kappa shape index (κ2) is 11.2. The van der Waals surface area contributed by atoms with Gasteiger partial charge in [0.1, 0.15) is 0 Å². The minimum atomic E-state index is -0.976. The molecule has 2 aliphatic heterocycles. The first kappa shape index (κ1) is 21.6. The summed E-state index contributed by atoms with van der Waals surface area (Å²) in [6, 6.07) is 10.3. The summed E-state index contributed by atoms with van der Waals surface area (Å²) in [5.74, 6) is 1.55. The Kier molecular flexibility index (Phi) is 9.35. The van der Waals surface area contributed by atoms with Crippen LogP contribution in [0.25, 0.3) is 0 Å². The van der Waals surface area contributed by atoms with Crippen LogP contribution in [-0.2, 0) is 10.8 Å². The molecule has 2 heterocycles. The van der Waals surface area contributed by atoms with Crippen LogP contribution in [0.15, 0.2) is 40.2 Å². The number of aliphatic imine (C=N–C) groups is 1. The Hall–Kier alpha value is -0.670. The Morgan fingerprint density at radius 3 is 2.65 bits per heavy atom. The van der Waals surface area contributed by atoms with Crippen molar-refractivity contribution in [1.82, 2.24) is 15.1 Å². The molecule has 2 aliphatic rings. The molecule has 2 atom stereocenters. The Labute approximate surface area is 177 Å². The fraction of sp³-hybridized carbons (Fsp3) is 0.632. The van der Waals surface area contributed by atoms with Crippen LogP contribution in [0.2, 0.25) is 0 Å². The fourth-order valence-corrected chi connectivity index (χ4v) is 4.64. The van der Waals surface area contributed by atoms with E-state index in [0.29, 0.717) is 18.3 Å². The molecule has 3 rings (SSSR count). The molecule has 26 heavy (non-hydrogen) atoms. The van der Waals surface area contributed by atoms with Gasteiger partial charge in [-0.15, -0.1) is 24.0 Å². The molecular weight excluding hydrogens is 459 g/mol. The van der Waals surface area contributed by atoms with E-state index >= 15 is 0 Å². The van der Waals surface area contributed by atoms with E-state index in [2.05, 4.69) is 22.0 Å². The molecule has 0 aliphatic carbocycles. The van der Waals surface area contributed by atoms with Gasteiger partial charge in [0.15, 0.2) is 5.96 Å². The molecule has 2 fully saturated rings. The summed E-state index contributed by atoms with van der Waals surface area (Å²) in [5, 5.41) is 3.41. The highest BCUT2D eigenvalue weighted by Crippen LogP contribution is 2.20. The van der Waals surface area contributed by atoms with E-state index in [1.165, 1.54) is 32.4 Å². The zero-order valence-electron chi connectivity index (χ0n) is 15.6. The number of nitrogens with one attached hydrogen (secondary N) is 1. The van der Waals surface area contributed by atoms with Crippen LogP contribution in [0.3, 0.4) is 0 Å². The van der Waals surface area contributed by atoms with Gasteiger partial charge in [-0.25, -0.2) is 0 Å². The highest BCUT2D eigenvalue weighted by molar-refractivity contribution is 14.0. The highest BCUT2D eigenvalue weighted by atomic mass is 127. The molecule has 7 heteroatoms. The molecule has 2 unspecified atom stereocenters. The van der Waals surface area contributed by atoms with Crippen LogP contribution in [0.4, 0.5) is 0 Å². The van der Waals surface area contributed by atoms with E-state index < -0.39 is 10.8 Å². The molecule has 0 amide bonds. The van der Waals surface area contributed by atoms with Crippen LogP contribution in [-0.4, -0.2) is 71.0 Å². The zero-order chi connectivity index (χ0) is 17.5. The molecule has 0 saturated carbocycles. The standard InChI is InChI=1S/C19H30N4OS.HI/c1-2-20-19(21-11-15-25(24)18-8-4-3-5-9-18)23-14-10-17(16-23)22-12-6-7-13-22;/h3-5,8-9,17H,2,6-7,10-16H2,1H3,(H,20,21);1H. The van der Waals surface area contributed by atoms with Crippen molar-refractivity contribution in [3.63, 3.8) is 0 Å². The predicted octanol–water partition coefficient (Wildman–Crippen LogP) is 2.55. The van der Waals surface area contributed by atoms with Crippen LogP contribution < -0.4 is 5.32 Å².